The highest BCUT2D eigenvalue weighted by Crippen LogP contribution is 2.25. The predicted molar refractivity (Wildman–Crippen MR) is 58.4 cm³/mol. The molecule has 2 rings (SSSR count). The van der Waals surface area contributed by atoms with Crippen LogP contribution >= 0.6 is 11.3 Å². The second kappa shape index (κ2) is 3.91. The molecular weight excluding hydrogens is 251 g/mol. The molecule has 84 valence electrons. The summed E-state index contributed by atoms with van der Waals surface area (Å²) in [7, 11) is -3.33. The maximum atomic E-state index is 12.7. The summed E-state index contributed by atoms with van der Waals surface area (Å²) in [5.41, 5.74) is 0.647. The van der Waals surface area contributed by atoms with Crippen molar-refractivity contribution in [1.82, 2.24) is 10.2 Å². The van der Waals surface area contributed by atoms with E-state index in [0.29, 0.717) is 10.6 Å². The zero-order valence-electron chi connectivity index (χ0n) is 8.21. The number of hydrogen-bond donors (Lipinski definition) is 0. The van der Waals surface area contributed by atoms with Crippen molar-refractivity contribution < 1.29 is 12.8 Å². The molecule has 0 bridgehead atoms. The second-order valence-electron chi connectivity index (χ2n) is 3.15. The van der Waals surface area contributed by atoms with Crippen molar-refractivity contribution in [3.05, 3.63) is 30.1 Å². The average Bonchev–Trinajstić information content (AvgIpc) is 2.67. The minimum Gasteiger partial charge on any atom is -0.221 e. The standard InChI is InChI=1S/C9H7FN2O2S2/c1-16(13,14)9-12-11-8(15-9)6-2-4-7(10)5-3-6/h2-5H,1H3. The van der Waals surface area contributed by atoms with Gasteiger partial charge in [0.25, 0.3) is 0 Å². The van der Waals surface area contributed by atoms with Gasteiger partial charge in [0.05, 0.1) is 0 Å². The monoisotopic (exact) mass is 258 g/mol. The number of halogens is 1. The van der Waals surface area contributed by atoms with E-state index in [1.165, 1.54) is 24.3 Å². The summed E-state index contributed by atoms with van der Waals surface area (Å²) in [6.07, 6.45) is 1.07. The SMILES string of the molecule is CS(=O)(=O)c1nnc(-c2ccc(F)cc2)s1. The van der Waals surface area contributed by atoms with E-state index in [2.05, 4.69) is 10.2 Å². The molecule has 1 aromatic carbocycles. The van der Waals surface area contributed by atoms with Gasteiger partial charge in [-0.25, -0.2) is 12.8 Å². The summed E-state index contributed by atoms with van der Waals surface area (Å²) in [5.74, 6) is -0.350. The van der Waals surface area contributed by atoms with E-state index in [0.717, 1.165) is 17.6 Å². The molecule has 0 saturated heterocycles. The van der Waals surface area contributed by atoms with Gasteiger partial charge in [0.1, 0.15) is 10.8 Å². The van der Waals surface area contributed by atoms with Crippen LogP contribution in [0.25, 0.3) is 10.6 Å². The molecule has 1 heterocycles. The maximum absolute atomic E-state index is 12.7. The van der Waals surface area contributed by atoms with Crippen LogP contribution in [0, 0.1) is 5.82 Å². The molecule has 2 aromatic rings. The Morgan fingerprint density at radius 3 is 2.31 bits per heavy atom. The van der Waals surface area contributed by atoms with Crippen molar-refractivity contribution in [2.45, 2.75) is 4.34 Å². The number of rotatable bonds is 2. The molecule has 0 spiro atoms. The summed E-state index contributed by atoms with van der Waals surface area (Å²) in [6.45, 7) is 0. The summed E-state index contributed by atoms with van der Waals surface area (Å²) in [5, 5.41) is 7.78. The lowest BCUT2D eigenvalue weighted by Gasteiger charge is -1.93. The third-order valence-corrected chi connectivity index (χ3v) is 4.46. The average molecular weight is 258 g/mol. The van der Waals surface area contributed by atoms with E-state index < -0.39 is 9.84 Å². The van der Waals surface area contributed by atoms with Crippen molar-refractivity contribution in [2.24, 2.45) is 0 Å². The smallest absolute Gasteiger partial charge is 0.221 e. The molecule has 0 fully saturated rings. The fourth-order valence-corrected chi connectivity index (χ4v) is 2.68. The fraction of sp³-hybridized carbons (Fsp3) is 0.111. The molecule has 0 atom stereocenters. The molecule has 1 aromatic heterocycles. The largest absolute Gasteiger partial charge is 0.232 e. The summed E-state index contributed by atoms with van der Waals surface area (Å²) < 4.78 is 35.0. The second-order valence-corrected chi connectivity index (χ2v) is 6.32. The van der Waals surface area contributed by atoms with E-state index in [9.17, 15) is 12.8 Å². The highest BCUT2D eigenvalue weighted by molar-refractivity contribution is 7.92. The molecule has 4 nitrogen and oxygen atoms in total. The maximum Gasteiger partial charge on any atom is 0.232 e. The summed E-state index contributed by atoms with van der Waals surface area (Å²) in [6, 6.07) is 5.64. The quantitative estimate of drug-likeness (QED) is 0.823. The van der Waals surface area contributed by atoms with Gasteiger partial charge in [-0.1, -0.05) is 11.3 Å². The van der Waals surface area contributed by atoms with E-state index in [1.54, 1.807) is 0 Å². The fourth-order valence-electron chi connectivity index (χ4n) is 1.07. The normalized spacial score (nSPS) is 11.6. The van der Waals surface area contributed by atoms with Crippen LogP contribution in [0.4, 0.5) is 4.39 Å². The van der Waals surface area contributed by atoms with Gasteiger partial charge in [0.2, 0.25) is 14.2 Å². The van der Waals surface area contributed by atoms with Crippen LogP contribution in [0.3, 0.4) is 0 Å². The van der Waals surface area contributed by atoms with Gasteiger partial charge < -0.3 is 0 Å². The van der Waals surface area contributed by atoms with Crippen molar-refractivity contribution in [2.75, 3.05) is 6.26 Å². The lowest BCUT2D eigenvalue weighted by Crippen LogP contribution is -1.95. The van der Waals surface area contributed by atoms with E-state index in [4.69, 9.17) is 0 Å². The van der Waals surface area contributed by atoms with Crippen LogP contribution in [0.1, 0.15) is 0 Å². The first kappa shape index (κ1) is 11.2. The van der Waals surface area contributed by atoms with Crippen molar-refractivity contribution in [1.29, 1.82) is 0 Å². The van der Waals surface area contributed by atoms with Crippen molar-refractivity contribution in [3.63, 3.8) is 0 Å². The van der Waals surface area contributed by atoms with Crippen LogP contribution in [0.15, 0.2) is 28.6 Å². The van der Waals surface area contributed by atoms with E-state index >= 15 is 0 Å². The zero-order chi connectivity index (χ0) is 11.8. The number of hydrogen-bond acceptors (Lipinski definition) is 5. The third-order valence-electron chi connectivity index (χ3n) is 1.81. The first-order chi connectivity index (χ1) is 7.47. The van der Waals surface area contributed by atoms with E-state index in [1.807, 2.05) is 0 Å². The Morgan fingerprint density at radius 1 is 1.19 bits per heavy atom. The molecule has 16 heavy (non-hydrogen) atoms. The minimum atomic E-state index is -3.33. The molecule has 0 aliphatic heterocycles. The van der Waals surface area contributed by atoms with Gasteiger partial charge in [-0.05, 0) is 24.3 Å². The number of sulfone groups is 1. The van der Waals surface area contributed by atoms with Crippen LogP contribution in [-0.2, 0) is 9.84 Å². The molecule has 7 heteroatoms. The van der Waals surface area contributed by atoms with Crippen LogP contribution in [0.5, 0.6) is 0 Å². The Balaban J connectivity index is 2.43. The number of benzene rings is 1. The van der Waals surface area contributed by atoms with Gasteiger partial charge in [0.15, 0.2) is 0 Å². The molecule has 0 N–H and O–H groups in total. The molecule has 0 radical (unpaired) electrons. The van der Waals surface area contributed by atoms with Crippen molar-refractivity contribution in [3.8, 4) is 10.6 Å². The molecule has 0 amide bonds. The molecular formula is C9H7FN2O2S2. The van der Waals surface area contributed by atoms with Crippen LogP contribution in [-0.4, -0.2) is 24.9 Å². The molecule has 0 aliphatic carbocycles. The number of aromatic nitrogens is 2. The highest BCUT2D eigenvalue weighted by atomic mass is 32.2. The minimum absolute atomic E-state index is 0.0353. The first-order valence-electron chi connectivity index (χ1n) is 4.26. The Labute approximate surface area is 95.7 Å². The third kappa shape index (κ3) is 2.25. The Hall–Kier alpha value is -1.34. The van der Waals surface area contributed by atoms with Gasteiger partial charge in [0, 0.05) is 11.8 Å². The van der Waals surface area contributed by atoms with Crippen molar-refractivity contribution >= 4 is 21.2 Å². The summed E-state index contributed by atoms with van der Waals surface area (Å²) in [4.78, 5) is 0. The lowest BCUT2D eigenvalue weighted by molar-refractivity contribution is 0.600. The Morgan fingerprint density at radius 2 is 1.81 bits per heavy atom. The molecule has 0 aliphatic rings. The molecule has 0 unspecified atom stereocenters. The van der Waals surface area contributed by atoms with Crippen LogP contribution < -0.4 is 0 Å². The number of nitrogens with zero attached hydrogens (tertiary/aromatic N) is 2. The van der Waals surface area contributed by atoms with Gasteiger partial charge in [-0.3, -0.25) is 0 Å². The first-order valence-corrected chi connectivity index (χ1v) is 6.97. The summed E-state index contributed by atoms with van der Waals surface area (Å²) >= 11 is 0.966. The van der Waals surface area contributed by atoms with Gasteiger partial charge in [-0.15, -0.1) is 10.2 Å². The van der Waals surface area contributed by atoms with Gasteiger partial charge in [-0.2, -0.15) is 0 Å². The Bertz CT molecular complexity index is 605. The van der Waals surface area contributed by atoms with Crippen LogP contribution in [0.2, 0.25) is 0 Å². The zero-order valence-corrected chi connectivity index (χ0v) is 9.85. The lowest BCUT2D eigenvalue weighted by atomic mass is 10.2. The molecule has 0 saturated carbocycles. The Kier molecular flexibility index (Phi) is 2.73. The highest BCUT2D eigenvalue weighted by Gasteiger charge is 2.15. The van der Waals surface area contributed by atoms with Gasteiger partial charge >= 0.3 is 0 Å². The predicted octanol–water partition coefficient (Wildman–Crippen LogP) is 1.75. The van der Waals surface area contributed by atoms with E-state index in [-0.39, 0.29) is 10.2 Å². The topological polar surface area (TPSA) is 59.9 Å².